The van der Waals surface area contributed by atoms with Crippen molar-refractivity contribution in [2.45, 2.75) is 18.7 Å². The SMILES string of the molecule is C=C(C)CN(CC(=O)OCC)S(=O)(=O)c1ccc([N+](=O)[O-])cc1. The fourth-order valence-electron chi connectivity index (χ4n) is 1.77. The summed E-state index contributed by atoms with van der Waals surface area (Å²) >= 11 is 0. The summed E-state index contributed by atoms with van der Waals surface area (Å²) in [6, 6.07) is 4.44. The monoisotopic (exact) mass is 342 g/mol. The van der Waals surface area contributed by atoms with Gasteiger partial charge in [-0.05, 0) is 26.0 Å². The van der Waals surface area contributed by atoms with Crippen molar-refractivity contribution in [1.29, 1.82) is 0 Å². The number of nitrogens with zero attached hydrogens (tertiary/aromatic N) is 2. The molecule has 1 aromatic carbocycles. The third-order valence-electron chi connectivity index (χ3n) is 2.74. The average molecular weight is 342 g/mol. The molecule has 8 nitrogen and oxygen atoms in total. The lowest BCUT2D eigenvalue weighted by molar-refractivity contribution is -0.384. The summed E-state index contributed by atoms with van der Waals surface area (Å²) in [6.45, 7) is 6.51. The van der Waals surface area contributed by atoms with Crippen LogP contribution >= 0.6 is 0 Å². The van der Waals surface area contributed by atoms with Crippen LogP contribution in [0.1, 0.15) is 13.8 Å². The smallest absolute Gasteiger partial charge is 0.321 e. The Bertz CT molecular complexity index is 696. The van der Waals surface area contributed by atoms with Crippen LogP contribution in [-0.2, 0) is 19.6 Å². The van der Waals surface area contributed by atoms with Crippen LogP contribution in [-0.4, -0.2) is 43.3 Å². The third kappa shape index (κ3) is 5.15. The predicted molar refractivity (Wildman–Crippen MR) is 83.3 cm³/mol. The maximum Gasteiger partial charge on any atom is 0.321 e. The van der Waals surface area contributed by atoms with Crippen LogP contribution in [0.4, 0.5) is 5.69 Å². The van der Waals surface area contributed by atoms with E-state index < -0.39 is 27.5 Å². The van der Waals surface area contributed by atoms with E-state index >= 15 is 0 Å². The van der Waals surface area contributed by atoms with Crippen molar-refractivity contribution < 1.29 is 22.9 Å². The van der Waals surface area contributed by atoms with Gasteiger partial charge in [-0.25, -0.2) is 8.42 Å². The Morgan fingerprint density at radius 1 is 1.30 bits per heavy atom. The van der Waals surface area contributed by atoms with E-state index in [1.807, 2.05) is 0 Å². The van der Waals surface area contributed by atoms with Crippen molar-refractivity contribution in [2.24, 2.45) is 0 Å². The van der Waals surface area contributed by atoms with E-state index in [1.54, 1.807) is 13.8 Å². The lowest BCUT2D eigenvalue weighted by Gasteiger charge is -2.21. The normalized spacial score (nSPS) is 11.3. The molecule has 0 atom stereocenters. The first kappa shape index (κ1) is 18.8. The van der Waals surface area contributed by atoms with Crippen LogP contribution in [0.2, 0.25) is 0 Å². The molecule has 0 unspecified atom stereocenters. The quantitative estimate of drug-likeness (QED) is 0.308. The summed E-state index contributed by atoms with van der Waals surface area (Å²) < 4.78 is 30.9. The molecule has 126 valence electrons. The molecule has 0 aliphatic rings. The Hall–Kier alpha value is -2.26. The summed E-state index contributed by atoms with van der Waals surface area (Å²) in [5, 5.41) is 10.6. The molecular formula is C14H18N2O6S. The zero-order valence-corrected chi connectivity index (χ0v) is 13.7. The van der Waals surface area contributed by atoms with Gasteiger partial charge in [-0.1, -0.05) is 12.2 Å². The number of esters is 1. The van der Waals surface area contributed by atoms with E-state index in [4.69, 9.17) is 4.74 Å². The number of carbonyl (C=O) groups is 1. The van der Waals surface area contributed by atoms with Crippen LogP contribution < -0.4 is 0 Å². The number of benzene rings is 1. The fourth-order valence-corrected chi connectivity index (χ4v) is 3.21. The first-order valence-corrected chi connectivity index (χ1v) is 8.17. The molecular weight excluding hydrogens is 324 g/mol. The topological polar surface area (TPSA) is 107 Å². The summed E-state index contributed by atoms with van der Waals surface area (Å²) in [5.74, 6) is -0.681. The predicted octanol–water partition coefficient (Wildman–Crippen LogP) is 1.72. The van der Waals surface area contributed by atoms with Crippen molar-refractivity contribution in [1.82, 2.24) is 4.31 Å². The first-order chi connectivity index (χ1) is 10.7. The Morgan fingerprint density at radius 2 is 1.87 bits per heavy atom. The van der Waals surface area contributed by atoms with Gasteiger partial charge in [-0.2, -0.15) is 4.31 Å². The Labute approximate surface area is 134 Å². The molecule has 0 aliphatic heterocycles. The second kappa shape index (κ2) is 7.84. The zero-order chi connectivity index (χ0) is 17.6. The summed E-state index contributed by atoms with van der Waals surface area (Å²) in [5.41, 5.74) is 0.320. The number of ether oxygens (including phenoxy) is 1. The van der Waals surface area contributed by atoms with Gasteiger partial charge in [0.15, 0.2) is 0 Å². The summed E-state index contributed by atoms with van der Waals surface area (Å²) in [6.07, 6.45) is 0. The van der Waals surface area contributed by atoms with E-state index in [2.05, 4.69) is 6.58 Å². The molecule has 0 radical (unpaired) electrons. The number of nitro benzene ring substituents is 1. The van der Waals surface area contributed by atoms with Crippen LogP contribution in [0.15, 0.2) is 41.3 Å². The second-order valence-corrected chi connectivity index (χ2v) is 6.72. The standard InChI is InChI=1S/C14H18N2O6S/c1-4-22-14(17)10-15(9-11(2)3)23(20,21)13-7-5-12(6-8-13)16(18)19/h5-8H,2,4,9-10H2,1,3H3. The Morgan fingerprint density at radius 3 is 2.30 bits per heavy atom. The average Bonchev–Trinajstić information content (AvgIpc) is 2.46. The maximum atomic E-state index is 12.6. The summed E-state index contributed by atoms with van der Waals surface area (Å²) in [4.78, 5) is 21.5. The van der Waals surface area contributed by atoms with E-state index in [1.165, 1.54) is 0 Å². The van der Waals surface area contributed by atoms with Gasteiger partial charge in [-0.15, -0.1) is 0 Å². The fraction of sp³-hybridized carbons (Fsp3) is 0.357. The van der Waals surface area contributed by atoms with Crippen molar-refractivity contribution in [3.63, 3.8) is 0 Å². The molecule has 0 bridgehead atoms. The highest BCUT2D eigenvalue weighted by Gasteiger charge is 2.27. The molecule has 9 heteroatoms. The van der Waals surface area contributed by atoms with E-state index in [0.717, 1.165) is 28.6 Å². The molecule has 0 heterocycles. The molecule has 1 rings (SSSR count). The van der Waals surface area contributed by atoms with Gasteiger partial charge in [0.05, 0.1) is 16.4 Å². The molecule has 0 aliphatic carbocycles. The molecule has 1 aromatic rings. The first-order valence-electron chi connectivity index (χ1n) is 6.73. The molecule has 0 saturated heterocycles. The highest BCUT2D eigenvalue weighted by Crippen LogP contribution is 2.20. The molecule has 0 N–H and O–H groups in total. The molecule has 0 saturated carbocycles. The van der Waals surface area contributed by atoms with Crippen LogP contribution in [0.25, 0.3) is 0 Å². The van der Waals surface area contributed by atoms with Crippen molar-refractivity contribution in [3.8, 4) is 0 Å². The Kier molecular flexibility index (Phi) is 6.40. The van der Waals surface area contributed by atoms with Gasteiger partial charge >= 0.3 is 5.97 Å². The minimum atomic E-state index is -4.00. The van der Waals surface area contributed by atoms with Crippen molar-refractivity contribution in [3.05, 3.63) is 46.5 Å². The highest BCUT2D eigenvalue weighted by molar-refractivity contribution is 7.89. The largest absolute Gasteiger partial charge is 0.465 e. The number of hydrogen-bond acceptors (Lipinski definition) is 6. The number of nitro groups is 1. The van der Waals surface area contributed by atoms with E-state index in [0.29, 0.717) is 5.57 Å². The minimum Gasteiger partial charge on any atom is -0.465 e. The lowest BCUT2D eigenvalue weighted by atomic mass is 10.3. The van der Waals surface area contributed by atoms with Gasteiger partial charge in [0, 0.05) is 18.7 Å². The third-order valence-corrected chi connectivity index (χ3v) is 4.55. The number of rotatable bonds is 8. The molecule has 23 heavy (non-hydrogen) atoms. The van der Waals surface area contributed by atoms with Gasteiger partial charge in [0.25, 0.3) is 5.69 Å². The summed E-state index contributed by atoms with van der Waals surface area (Å²) in [7, 11) is -4.00. The second-order valence-electron chi connectivity index (χ2n) is 4.79. The molecule has 0 fully saturated rings. The van der Waals surface area contributed by atoms with Crippen LogP contribution in [0.5, 0.6) is 0 Å². The van der Waals surface area contributed by atoms with Crippen LogP contribution in [0.3, 0.4) is 0 Å². The Balaban J connectivity index is 3.13. The van der Waals surface area contributed by atoms with Gasteiger partial charge in [0.1, 0.15) is 6.54 Å². The van der Waals surface area contributed by atoms with Crippen molar-refractivity contribution in [2.75, 3.05) is 19.7 Å². The molecule has 0 spiro atoms. The lowest BCUT2D eigenvalue weighted by Crippen LogP contribution is -2.37. The minimum absolute atomic E-state index is 0.0574. The number of non-ortho nitro benzene ring substituents is 1. The highest BCUT2D eigenvalue weighted by atomic mass is 32.2. The number of sulfonamides is 1. The van der Waals surface area contributed by atoms with Crippen molar-refractivity contribution >= 4 is 21.7 Å². The van der Waals surface area contributed by atoms with E-state index in [-0.39, 0.29) is 23.7 Å². The number of hydrogen-bond donors (Lipinski definition) is 0. The zero-order valence-electron chi connectivity index (χ0n) is 12.9. The van der Waals surface area contributed by atoms with Gasteiger partial charge in [-0.3, -0.25) is 14.9 Å². The van der Waals surface area contributed by atoms with E-state index in [9.17, 15) is 23.3 Å². The van der Waals surface area contributed by atoms with Crippen LogP contribution in [0, 0.1) is 10.1 Å². The molecule has 0 aromatic heterocycles. The number of carbonyl (C=O) groups excluding carboxylic acids is 1. The van der Waals surface area contributed by atoms with Gasteiger partial charge in [0.2, 0.25) is 10.0 Å². The maximum absolute atomic E-state index is 12.6. The molecule has 0 amide bonds. The van der Waals surface area contributed by atoms with Gasteiger partial charge < -0.3 is 4.74 Å².